The molecule has 22 heavy (non-hydrogen) atoms. The summed E-state index contributed by atoms with van der Waals surface area (Å²) in [5.74, 6) is 0.743. The number of hydrogen-bond donors (Lipinski definition) is 1. The van der Waals surface area contributed by atoms with Crippen molar-refractivity contribution >= 4 is 28.0 Å². The summed E-state index contributed by atoms with van der Waals surface area (Å²) in [7, 11) is 1.61. The van der Waals surface area contributed by atoms with Gasteiger partial charge in [-0.05, 0) is 36.4 Å². The van der Waals surface area contributed by atoms with E-state index in [4.69, 9.17) is 4.74 Å². The number of methoxy groups -OCH3 is 1. The van der Waals surface area contributed by atoms with Crippen LogP contribution in [0.15, 0.2) is 54.7 Å². The number of hydrogen-bond acceptors (Lipinski definition) is 5. The third-order valence-electron chi connectivity index (χ3n) is 3.31. The molecule has 0 aliphatic rings. The molecule has 0 unspecified atom stereocenters. The molecule has 3 rings (SSSR count). The first-order chi connectivity index (χ1) is 10.7. The number of pyridine rings is 1. The van der Waals surface area contributed by atoms with Gasteiger partial charge in [0.05, 0.1) is 17.5 Å². The van der Waals surface area contributed by atoms with Crippen molar-refractivity contribution < 1.29 is 9.66 Å². The Morgan fingerprint density at radius 2 is 1.91 bits per heavy atom. The maximum absolute atomic E-state index is 10.7. The number of aromatic nitrogens is 1. The maximum Gasteiger partial charge on any atom is 0.269 e. The van der Waals surface area contributed by atoms with Crippen LogP contribution < -0.4 is 10.1 Å². The molecule has 0 radical (unpaired) electrons. The summed E-state index contributed by atoms with van der Waals surface area (Å²) >= 11 is 0. The number of non-ortho nitro benzene ring substituents is 1. The molecule has 0 saturated carbocycles. The molecule has 0 atom stereocenters. The lowest BCUT2D eigenvalue weighted by Gasteiger charge is -2.10. The number of nitrogens with zero attached hydrogens (tertiary/aromatic N) is 2. The number of rotatable bonds is 4. The Hall–Kier alpha value is -3.15. The molecule has 1 aromatic heterocycles. The van der Waals surface area contributed by atoms with Gasteiger partial charge in [-0.1, -0.05) is 0 Å². The van der Waals surface area contributed by atoms with Gasteiger partial charge in [0.2, 0.25) is 0 Å². The van der Waals surface area contributed by atoms with Crippen LogP contribution in [0, 0.1) is 10.1 Å². The molecule has 1 heterocycles. The highest BCUT2D eigenvalue weighted by Crippen LogP contribution is 2.28. The van der Waals surface area contributed by atoms with Crippen LogP contribution >= 0.6 is 0 Å². The zero-order chi connectivity index (χ0) is 15.5. The maximum atomic E-state index is 10.7. The van der Waals surface area contributed by atoms with Crippen LogP contribution in [-0.4, -0.2) is 17.0 Å². The lowest BCUT2D eigenvalue weighted by Crippen LogP contribution is -1.94. The van der Waals surface area contributed by atoms with Crippen LogP contribution in [0.3, 0.4) is 0 Å². The molecule has 6 heteroatoms. The molecule has 0 spiro atoms. The van der Waals surface area contributed by atoms with Gasteiger partial charge in [-0.3, -0.25) is 15.1 Å². The summed E-state index contributed by atoms with van der Waals surface area (Å²) in [5, 5.41) is 14.8. The van der Waals surface area contributed by atoms with Gasteiger partial charge in [-0.25, -0.2) is 0 Å². The van der Waals surface area contributed by atoms with E-state index in [2.05, 4.69) is 10.3 Å². The first kappa shape index (κ1) is 13.8. The lowest BCUT2D eigenvalue weighted by atomic mass is 10.1. The minimum Gasteiger partial charge on any atom is -0.497 e. The number of nitrogens with one attached hydrogen (secondary N) is 1. The fourth-order valence-electron chi connectivity index (χ4n) is 2.18. The molecule has 3 aromatic rings. The minimum absolute atomic E-state index is 0.0619. The van der Waals surface area contributed by atoms with Crippen LogP contribution in [0.1, 0.15) is 0 Å². The quantitative estimate of drug-likeness (QED) is 0.583. The van der Waals surface area contributed by atoms with E-state index < -0.39 is 4.92 Å². The second-order valence-electron chi connectivity index (χ2n) is 4.67. The van der Waals surface area contributed by atoms with Crippen molar-refractivity contribution in [2.24, 2.45) is 0 Å². The summed E-state index contributed by atoms with van der Waals surface area (Å²) in [4.78, 5) is 14.6. The zero-order valence-corrected chi connectivity index (χ0v) is 11.8. The highest BCUT2D eigenvalue weighted by atomic mass is 16.6. The van der Waals surface area contributed by atoms with Crippen LogP contribution in [0.4, 0.5) is 17.1 Å². The molecule has 110 valence electrons. The van der Waals surface area contributed by atoms with Gasteiger partial charge in [-0.15, -0.1) is 0 Å². The number of anilines is 2. The molecule has 1 N–H and O–H groups in total. The average molecular weight is 295 g/mol. The molecule has 0 saturated heterocycles. The van der Waals surface area contributed by atoms with E-state index in [1.165, 1.54) is 12.1 Å². The molecule has 6 nitrogen and oxygen atoms in total. The Morgan fingerprint density at radius 1 is 1.14 bits per heavy atom. The van der Waals surface area contributed by atoms with Gasteiger partial charge in [0.25, 0.3) is 5.69 Å². The van der Waals surface area contributed by atoms with E-state index in [-0.39, 0.29) is 5.69 Å². The van der Waals surface area contributed by atoms with Crippen molar-refractivity contribution in [2.45, 2.75) is 0 Å². The van der Waals surface area contributed by atoms with Crippen LogP contribution in [0.5, 0.6) is 5.75 Å². The molecule has 0 fully saturated rings. The minimum atomic E-state index is -0.420. The van der Waals surface area contributed by atoms with E-state index in [9.17, 15) is 10.1 Å². The third-order valence-corrected chi connectivity index (χ3v) is 3.31. The predicted molar refractivity (Wildman–Crippen MR) is 84.7 cm³/mol. The molecular weight excluding hydrogens is 282 g/mol. The van der Waals surface area contributed by atoms with Gasteiger partial charge in [0.15, 0.2) is 0 Å². The SMILES string of the molecule is COc1ccc2nccc(Nc3ccc([N+](=O)[O-])cc3)c2c1. The first-order valence-electron chi connectivity index (χ1n) is 6.61. The standard InChI is InChI=1S/C16H13N3O3/c1-22-13-6-7-15-14(10-13)16(8-9-17-15)18-11-2-4-12(5-3-11)19(20)21/h2-10H,1H3,(H,17,18). The van der Waals surface area contributed by atoms with E-state index >= 15 is 0 Å². The monoisotopic (exact) mass is 295 g/mol. The summed E-state index contributed by atoms with van der Waals surface area (Å²) in [6.07, 6.45) is 1.71. The molecule has 0 aliphatic carbocycles. The third kappa shape index (κ3) is 2.67. The topological polar surface area (TPSA) is 77.3 Å². The molecule has 0 aliphatic heterocycles. The number of nitro benzene ring substituents is 1. The van der Waals surface area contributed by atoms with Crippen molar-refractivity contribution in [3.8, 4) is 5.75 Å². The van der Waals surface area contributed by atoms with E-state index in [1.54, 1.807) is 25.4 Å². The molecule has 0 amide bonds. The van der Waals surface area contributed by atoms with Crippen molar-refractivity contribution in [1.82, 2.24) is 4.98 Å². The van der Waals surface area contributed by atoms with Gasteiger partial charge < -0.3 is 10.1 Å². The van der Waals surface area contributed by atoms with Gasteiger partial charge in [0, 0.05) is 35.1 Å². The largest absolute Gasteiger partial charge is 0.497 e. The van der Waals surface area contributed by atoms with Crippen LogP contribution in [0.25, 0.3) is 10.9 Å². The predicted octanol–water partition coefficient (Wildman–Crippen LogP) is 3.90. The van der Waals surface area contributed by atoms with Gasteiger partial charge in [-0.2, -0.15) is 0 Å². The number of fused-ring (bicyclic) bond motifs is 1. The Kier molecular flexibility index (Phi) is 3.57. The van der Waals surface area contributed by atoms with Crippen molar-refractivity contribution in [3.05, 3.63) is 64.8 Å². The normalized spacial score (nSPS) is 10.4. The Morgan fingerprint density at radius 3 is 2.59 bits per heavy atom. The number of nitro groups is 1. The van der Waals surface area contributed by atoms with Crippen LogP contribution in [0.2, 0.25) is 0 Å². The van der Waals surface area contributed by atoms with E-state index in [0.717, 1.165) is 28.0 Å². The lowest BCUT2D eigenvalue weighted by molar-refractivity contribution is -0.384. The van der Waals surface area contributed by atoms with Crippen molar-refractivity contribution in [1.29, 1.82) is 0 Å². The number of benzene rings is 2. The van der Waals surface area contributed by atoms with E-state index in [1.807, 2.05) is 24.3 Å². The highest BCUT2D eigenvalue weighted by molar-refractivity contribution is 5.93. The van der Waals surface area contributed by atoms with E-state index in [0.29, 0.717) is 0 Å². The van der Waals surface area contributed by atoms with Crippen molar-refractivity contribution in [3.63, 3.8) is 0 Å². The molecule has 0 bridgehead atoms. The Bertz CT molecular complexity index is 832. The van der Waals surface area contributed by atoms with Gasteiger partial charge >= 0.3 is 0 Å². The fourth-order valence-corrected chi connectivity index (χ4v) is 2.18. The molecule has 2 aromatic carbocycles. The summed E-state index contributed by atoms with van der Waals surface area (Å²) in [6, 6.07) is 13.8. The Labute approximate surface area is 126 Å². The second kappa shape index (κ2) is 5.69. The average Bonchev–Trinajstić information content (AvgIpc) is 2.55. The highest BCUT2D eigenvalue weighted by Gasteiger charge is 2.07. The number of ether oxygens (including phenoxy) is 1. The second-order valence-corrected chi connectivity index (χ2v) is 4.67. The molecular formula is C16H13N3O3. The summed E-state index contributed by atoms with van der Waals surface area (Å²) in [5.41, 5.74) is 2.53. The fraction of sp³-hybridized carbons (Fsp3) is 0.0625. The van der Waals surface area contributed by atoms with Gasteiger partial charge in [0.1, 0.15) is 5.75 Å². The zero-order valence-electron chi connectivity index (χ0n) is 11.8. The summed E-state index contributed by atoms with van der Waals surface area (Å²) < 4.78 is 5.24. The first-order valence-corrected chi connectivity index (χ1v) is 6.61. The van der Waals surface area contributed by atoms with Crippen LogP contribution in [-0.2, 0) is 0 Å². The Balaban J connectivity index is 1.97. The van der Waals surface area contributed by atoms with Crippen molar-refractivity contribution in [2.75, 3.05) is 12.4 Å². The summed E-state index contributed by atoms with van der Waals surface area (Å²) in [6.45, 7) is 0. The smallest absolute Gasteiger partial charge is 0.269 e.